The summed E-state index contributed by atoms with van der Waals surface area (Å²) in [4.78, 5) is 4.52. The molecule has 4 fully saturated rings. The Morgan fingerprint density at radius 1 is 0.806 bits per heavy atom. The van der Waals surface area contributed by atoms with Gasteiger partial charge in [-0.25, -0.2) is 5.26 Å². The molecule has 3 aromatic rings. The molecule has 0 radical (unpaired) electrons. The number of benzene rings is 3. The molecule has 4 saturated carbocycles. The van der Waals surface area contributed by atoms with Crippen LogP contribution in [0.2, 0.25) is 0 Å². The SMILES string of the molecule is Cc1ccc(CC[C@H](Oc2ccc(C34CC5CC(CC(C5)C3)C4)cc2)c2cccc(OO)c2)cc1C. The van der Waals surface area contributed by atoms with Crippen molar-refractivity contribution in [1.82, 2.24) is 0 Å². The first-order valence-electron chi connectivity index (χ1n) is 13.7. The zero-order chi connectivity index (χ0) is 24.7. The van der Waals surface area contributed by atoms with Gasteiger partial charge < -0.3 is 9.62 Å². The van der Waals surface area contributed by atoms with Gasteiger partial charge in [0.15, 0.2) is 5.75 Å². The lowest BCUT2D eigenvalue weighted by molar-refractivity contribution is -0.137. The third-order valence-electron chi connectivity index (χ3n) is 9.39. The number of hydrogen-bond donors (Lipinski definition) is 1. The van der Waals surface area contributed by atoms with Gasteiger partial charge in [0, 0.05) is 0 Å². The number of rotatable bonds is 8. The van der Waals surface area contributed by atoms with Crippen LogP contribution in [0.25, 0.3) is 0 Å². The van der Waals surface area contributed by atoms with Crippen LogP contribution < -0.4 is 9.62 Å². The fourth-order valence-electron chi connectivity index (χ4n) is 7.84. The second-order valence-corrected chi connectivity index (χ2v) is 11.9. The van der Waals surface area contributed by atoms with Crippen molar-refractivity contribution in [1.29, 1.82) is 0 Å². The molecule has 3 nitrogen and oxygen atoms in total. The number of aryl methyl sites for hydroxylation is 3. The molecule has 4 aliphatic carbocycles. The minimum Gasteiger partial charge on any atom is -0.486 e. The molecule has 1 N–H and O–H groups in total. The largest absolute Gasteiger partial charge is 0.486 e. The Labute approximate surface area is 215 Å². The van der Waals surface area contributed by atoms with Crippen LogP contribution >= 0.6 is 0 Å². The fourth-order valence-corrected chi connectivity index (χ4v) is 7.84. The highest BCUT2D eigenvalue weighted by Crippen LogP contribution is 2.60. The maximum atomic E-state index is 9.20. The van der Waals surface area contributed by atoms with Crippen molar-refractivity contribution < 1.29 is 14.9 Å². The first-order chi connectivity index (χ1) is 17.5. The van der Waals surface area contributed by atoms with Gasteiger partial charge in [-0.05, 0) is 140 Å². The van der Waals surface area contributed by atoms with E-state index >= 15 is 0 Å². The van der Waals surface area contributed by atoms with Crippen molar-refractivity contribution in [3.8, 4) is 11.5 Å². The van der Waals surface area contributed by atoms with Gasteiger partial charge in [-0.2, -0.15) is 0 Å². The quantitative estimate of drug-likeness (QED) is 0.259. The molecular formula is C33H38O3. The molecule has 0 heterocycles. The van der Waals surface area contributed by atoms with Crippen LogP contribution in [0.1, 0.15) is 78.9 Å². The van der Waals surface area contributed by atoms with Gasteiger partial charge >= 0.3 is 0 Å². The van der Waals surface area contributed by atoms with E-state index < -0.39 is 0 Å². The predicted molar refractivity (Wildman–Crippen MR) is 144 cm³/mol. The van der Waals surface area contributed by atoms with E-state index in [-0.39, 0.29) is 6.10 Å². The van der Waals surface area contributed by atoms with Crippen LogP contribution in [0.3, 0.4) is 0 Å². The highest BCUT2D eigenvalue weighted by atomic mass is 17.1. The molecule has 188 valence electrons. The summed E-state index contributed by atoms with van der Waals surface area (Å²) in [6.45, 7) is 4.32. The molecule has 0 aromatic heterocycles. The predicted octanol–water partition coefficient (Wildman–Crippen LogP) is 8.38. The van der Waals surface area contributed by atoms with Crippen LogP contribution in [-0.4, -0.2) is 5.26 Å². The van der Waals surface area contributed by atoms with Crippen LogP contribution in [0.4, 0.5) is 0 Å². The van der Waals surface area contributed by atoms with E-state index in [1.54, 1.807) is 6.07 Å². The first-order valence-corrected chi connectivity index (χ1v) is 13.7. The first kappa shape index (κ1) is 23.6. The second kappa shape index (κ2) is 9.59. The van der Waals surface area contributed by atoms with Crippen molar-refractivity contribution in [3.05, 3.63) is 94.5 Å². The average Bonchev–Trinajstić information content (AvgIpc) is 2.88. The third kappa shape index (κ3) is 4.66. The Morgan fingerprint density at radius 3 is 2.14 bits per heavy atom. The van der Waals surface area contributed by atoms with Crippen molar-refractivity contribution >= 4 is 0 Å². The Balaban J connectivity index is 1.21. The Morgan fingerprint density at radius 2 is 1.50 bits per heavy atom. The number of hydrogen-bond acceptors (Lipinski definition) is 3. The molecule has 36 heavy (non-hydrogen) atoms. The van der Waals surface area contributed by atoms with Crippen LogP contribution in [-0.2, 0) is 11.8 Å². The van der Waals surface area contributed by atoms with Crippen LogP contribution in [0.5, 0.6) is 11.5 Å². The molecule has 4 bridgehead atoms. The smallest absolute Gasteiger partial charge is 0.165 e. The third-order valence-corrected chi connectivity index (χ3v) is 9.39. The van der Waals surface area contributed by atoms with E-state index in [1.165, 1.54) is 60.8 Å². The van der Waals surface area contributed by atoms with Gasteiger partial charge in [-0.3, -0.25) is 0 Å². The van der Waals surface area contributed by atoms with E-state index in [1.807, 2.05) is 12.1 Å². The zero-order valence-electron chi connectivity index (χ0n) is 21.6. The molecular weight excluding hydrogens is 444 g/mol. The van der Waals surface area contributed by atoms with Gasteiger partial charge in [0.1, 0.15) is 11.9 Å². The van der Waals surface area contributed by atoms with Gasteiger partial charge in [0.05, 0.1) is 0 Å². The minimum atomic E-state index is -0.132. The number of ether oxygens (including phenoxy) is 1. The average molecular weight is 483 g/mol. The van der Waals surface area contributed by atoms with Gasteiger partial charge in [0.2, 0.25) is 0 Å². The Kier molecular flexibility index (Phi) is 6.29. The van der Waals surface area contributed by atoms with Gasteiger partial charge in [-0.15, -0.1) is 0 Å². The Bertz CT molecular complexity index is 1180. The maximum absolute atomic E-state index is 9.20. The minimum absolute atomic E-state index is 0.132. The monoisotopic (exact) mass is 482 g/mol. The van der Waals surface area contributed by atoms with Gasteiger partial charge in [-0.1, -0.05) is 42.5 Å². The van der Waals surface area contributed by atoms with E-state index in [9.17, 15) is 5.26 Å². The Hall–Kier alpha value is -2.78. The normalized spacial score (nSPS) is 27.1. The summed E-state index contributed by atoms with van der Waals surface area (Å²) in [7, 11) is 0. The van der Waals surface area contributed by atoms with Gasteiger partial charge in [0.25, 0.3) is 0 Å². The van der Waals surface area contributed by atoms with E-state index in [2.05, 4.69) is 67.3 Å². The second-order valence-electron chi connectivity index (χ2n) is 11.9. The van der Waals surface area contributed by atoms with Crippen molar-refractivity contribution in [2.24, 2.45) is 17.8 Å². The molecule has 4 aliphatic rings. The van der Waals surface area contributed by atoms with E-state index in [4.69, 9.17) is 4.74 Å². The molecule has 3 heteroatoms. The maximum Gasteiger partial charge on any atom is 0.165 e. The van der Waals surface area contributed by atoms with Crippen molar-refractivity contribution in [2.75, 3.05) is 0 Å². The standard InChI is InChI=1S/C33H38O3/c1-22-6-7-24(14-23(22)2)8-13-32(28-4-3-5-31(18-28)36-34)35-30-11-9-29(10-12-30)33-19-25-15-26(20-33)17-27(16-25)21-33/h3-7,9-12,14,18,25-27,32,34H,8,13,15-17,19-21H2,1-2H3/t25?,26?,27?,32-,33?/m0/s1. The summed E-state index contributed by atoms with van der Waals surface area (Å²) >= 11 is 0. The van der Waals surface area contributed by atoms with Crippen molar-refractivity contribution in [2.45, 2.75) is 76.7 Å². The molecule has 0 spiro atoms. The van der Waals surface area contributed by atoms with Crippen molar-refractivity contribution in [3.63, 3.8) is 0 Å². The highest BCUT2D eigenvalue weighted by molar-refractivity contribution is 5.36. The molecule has 0 amide bonds. The summed E-state index contributed by atoms with van der Waals surface area (Å²) < 4.78 is 6.61. The topological polar surface area (TPSA) is 38.7 Å². The summed E-state index contributed by atoms with van der Waals surface area (Å²) in [6, 6.07) is 23.3. The molecule has 1 atom stereocenters. The lowest BCUT2D eigenvalue weighted by atomic mass is 9.48. The fraction of sp³-hybridized carbons (Fsp3) is 0.455. The summed E-state index contributed by atoms with van der Waals surface area (Å²) in [5.41, 5.74) is 6.90. The zero-order valence-corrected chi connectivity index (χ0v) is 21.6. The summed E-state index contributed by atoms with van der Waals surface area (Å²) in [5.74, 6) is 4.18. The summed E-state index contributed by atoms with van der Waals surface area (Å²) in [5, 5.41) is 9.20. The lowest BCUT2D eigenvalue weighted by Crippen LogP contribution is -2.48. The highest BCUT2D eigenvalue weighted by Gasteiger charge is 2.51. The lowest BCUT2D eigenvalue weighted by Gasteiger charge is -2.57. The molecule has 0 aliphatic heterocycles. The molecule has 0 unspecified atom stereocenters. The van der Waals surface area contributed by atoms with Crippen LogP contribution in [0, 0.1) is 31.6 Å². The molecule has 0 saturated heterocycles. The van der Waals surface area contributed by atoms with E-state index in [0.29, 0.717) is 11.2 Å². The summed E-state index contributed by atoms with van der Waals surface area (Å²) in [6.07, 6.45) is 10.2. The van der Waals surface area contributed by atoms with Crippen LogP contribution in [0.15, 0.2) is 66.7 Å². The van der Waals surface area contributed by atoms with E-state index in [0.717, 1.165) is 41.9 Å². The molecule has 3 aromatic carbocycles. The molecule has 7 rings (SSSR count).